The van der Waals surface area contributed by atoms with Crippen LogP contribution in [0.4, 0.5) is 0 Å². The van der Waals surface area contributed by atoms with Gasteiger partial charge < -0.3 is 0 Å². The molecule has 1 nitrogen and oxygen atoms in total. The molecule has 0 saturated carbocycles. The number of hydrogen-bond donors (Lipinski definition) is 0. The summed E-state index contributed by atoms with van der Waals surface area (Å²) in [6, 6.07) is 2.20. The minimum absolute atomic E-state index is 0.507. The van der Waals surface area contributed by atoms with Crippen LogP contribution in [-0.4, -0.2) is 0 Å². The van der Waals surface area contributed by atoms with Crippen molar-refractivity contribution in [1.82, 2.24) is 0 Å². The highest BCUT2D eigenvalue weighted by Gasteiger charge is 2.08. The second-order valence-electron chi connectivity index (χ2n) is 5.69. The summed E-state index contributed by atoms with van der Waals surface area (Å²) in [6.45, 7) is 6.94. The first-order valence-electron chi connectivity index (χ1n) is 6.43. The van der Waals surface area contributed by atoms with E-state index >= 15 is 0 Å². The highest BCUT2D eigenvalue weighted by molar-refractivity contribution is 4.67. The van der Waals surface area contributed by atoms with E-state index in [1.807, 2.05) is 0 Å². The van der Waals surface area contributed by atoms with Crippen molar-refractivity contribution in [3.8, 4) is 6.07 Å². The van der Waals surface area contributed by atoms with Gasteiger partial charge in [0.2, 0.25) is 0 Å². The maximum Gasteiger partial charge on any atom is 0.0621 e. The Morgan fingerprint density at radius 1 is 0.800 bits per heavy atom. The van der Waals surface area contributed by atoms with E-state index in [2.05, 4.69) is 26.8 Å². The van der Waals surface area contributed by atoms with E-state index in [9.17, 15) is 0 Å². The molecule has 88 valence electrons. The minimum Gasteiger partial charge on any atom is -0.198 e. The number of nitriles is 1. The van der Waals surface area contributed by atoms with Gasteiger partial charge in [0.05, 0.1) is 6.07 Å². The van der Waals surface area contributed by atoms with E-state index in [-0.39, 0.29) is 0 Å². The largest absolute Gasteiger partial charge is 0.198 e. The molecule has 0 N–H and O–H groups in total. The van der Waals surface area contributed by atoms with Crippen molar-refractivity contribution >= 4 is 0 Å². The molecule has 0 spiro atoms. The molecule has 0 heterocycles. The third kappa shape index (κ3) is 13.5. The summed E-state index contributed by atoms with van der Waals surface area (Å²) in [5.41, 5.74) is 0.507. The van der Waals surface area contributed by atoms with Crippen LogP contribution in [-0.2, 0) is 0 Å². The molecule has 0 bridgehead atoms. The molecule has 15 heavy (non-hydrogen) atoms. The second-order valence-corrected chi connectivity index (χ2v) is 5.69. The molecule has 0 aromatic rings. The number of unbranched alkanes of at least 4 members (excludes halogenated alkanes) is 7. The maximum absolute atomic E-state index is 8.37. The Bertz CT molecular complexity index is 171. The number of hydrogen-bond acceptors (Lipinski definition) is 1. The zero-order valence-electron chi connectivity index (χ0n) is 10.8. The quantitative estimate of drug-likeness (QED) is 0.512. The Morgan fingerprint density at radius 3 is 1.73 bits per heavy atom. The molecule has 0 amide bonds. The Hall–Kier alpha value is -0.510. The summed E-state index contributed by atoms with van der Waals surface area (Å²) >= 11 is 0. The zero-order chi connectivity index (χ0) is 11.6. The smallest absolute Gasteiger partial charge is 0.0621 e. The first-order valence-corrected chi connectivity index (χ1v) is 6.43. The molecule has 1 heteroatoms. The summed E-state index contributed by atoms with van der Waals surface area (Å²) in [5, 5.41) is 8.37. The lowest BCUT2D eigenvalue weighted by molar-refractivity contribution is 0.356. The van der Waals surface area contributed by atoms with E-state index in [0.717, 1.165) is 12.8 Å². The topological polar surface area (TPSA) is 23.8 Å². The summed E-state index contributed by atoms with van der Waals surface area (Å²) in [7, 11) is 0. The van der Waals surface area contributed by atoms with Gasteiger partial charge >= 0.3 is 0 Å². The van der Waals surface area contributed by atoms with E-state index in [1.165, 1.54) is 44.9 Å². The molecular weight excluding hydrogens is 182 g/mol. The lowest BCUT2D eigenvalue weighted by Crippen LogP contribution is -2.03. The zero-order valence-corrected chi connectivity index (χ0v) is 10.8. The van der Waals surface area contributed by atoms with Gasteiger partial charge in [-0.1, -0.05) is 59.3 Å². The summed E-state index contributed by atoms with van der Waals surface area (Å²) in [6.07, 6.45) is 11.2. The fraction of sp³-hybridized carbons (Fsp3) is 0.929. The predicted molar refractivity (Wildman–Crippen MR) is 66.6 cm³/mol. The SMILES string of the molecule is CC(C)(C)CCCCCCCCCC#N. The van der Waals surface area contributed by atoms with Crippen LogP contribution in [0.2, 0.25) is 0 Å². The highest BCUT2D eigenvalue weighted by Crippen LogP contribution is 2.22. The Morgan fingerprint density at radius 2 is 1.27 bits per heavy atom. The van der Waals surface area contributed by atoms with Gasteiger partial charge in [-0.3, -0.25) is 0 Å². The molecule has 0 atom stereocenters. The Labute approximate surface area is 95.9 Å². The average Bonchev–Trinajstić information content (AvgIpc) is 2.14. The van der Waals surface area contributed by atoms with Crippen LogP contribution < -0.4 is 0 Å². The minimum atomic E-state index is 0.507. The molecule has 0 rings (SSSR count). The third-order valence-corrected chi connectivity index (χ3v) is 2.72. The van der Waals surface area contributed by atoms with Gasteiger partial charge in [-0.25, -0.2) is 0 Å². The van der Waals surface area contributed by atoms with Crippen molar-refractivity contribution in [3.05, 3.63) is 0 Å². The molecule has 0 unspecified atom stereocenters. The number of rotatable bonds is 8. The molecule has 0 radical (unpaired) electrons. The molecule has 0 aliphatic carbocycles. The molecule has 0 aromatic carbocycles. The lowest BCUT2D eigenvalue weighted by atomic mass is 9.89. The fourth-order valence-electron chi connectivity index (χ4n) is 1.74. The van der Waals surface area contributed by atoms with Crippen molar-refractivity contribution < 1.29 is 0 Å². The van der Waals surface area contributed by atoms with Gasteiger partial charge in [0.25, 0.3) is 0 Å². The fourth-order valence-corrected chi connectivity index (χ4v) is 1.74. The first kappa shape index (κ1) is 14.5. The monoisotopic (exact) mass is 209 g/mol. The van der Waals surface area contributed by atoms with Crippen LogP contribution in [0.1, 0.15) is 78.6 Å². The second kappa shape index (κ2) is 8.77. The summed E-state index contributed by atoms with van der Waals surface area (Å²) in [4.78, 5) is 0. The molecule has 0 saturated heterocycles. The van der Waals surface area contributed by atoms with Crippen molar-refractivity contribution in [2.75, 3.05) is 0 Å². The summed E-state index contributed by atoms with van der Waals surface area (Å²) in [5.74, 6) is 0. The standard InChI is InChI=1S/C14H27N/c1-14(2,3)12-10-8-6-4-5-7-9-11-13-15/h4-12H2,1-3H3. The lowest BCUT2D eigenvalue weighted by Gasteiger charge is -2.17. The third-order valence-electron chi connectivity index (χ3n) is 2.72. The van der Waals surface area contributed by atoms with Gasteiger partial charge in [0, 0.05) is 6.42 Å². The van der Waals surface area contributed by atoms with Crippen molar-refractivity contribution in [2.45, 2.75) is 78.6 Å². The molecule has 0 aromatic heterocycles. The van der Waals surface area contributed by atoms with Crippen molar-refractivity contribution in [2.24, 2.45) is 5.41 Å². The molecular formula is C14H27N. The highest BCUT2D eigenvalue weighted by atomic mass is 14.2. The maximum atomic E-state index is 8.37. The Kier molecular flexibility index (Phi) is 8.47. The normalized spacial score (nSPS) is 11.3. The van der Waals surface area contributed by atoms with E-state index in [1.54, 1.807) is 0 Å². The van der Waals surface area contributed by atoms with E-state index in [4.69, 9.17) is 5.26 Å². The van der Waals surface area contributed by atoms with Gasteiger partial charge in [-0.05, 0) is 18.3 Å². The summed E-state index contributed by atoms with van der Waals surface area (Å²) < 4.78 is 0. The molecule has 0 aliphatic rings. The van der Waals surface area contributed by atoms with Crippen LogP contribution in [0.15, 0.2) is 0 Å². The van der Waals surface area contributed by atoms with Gasteiger partial charge in [0.1, 0.15) is 0 Å². The average molecular weight is 209 g/mol. The molecule has 0 aliphatic heterocycles. The van der Waals surface area contributed by atoms with Crippen LogP contribution >= 0.6 is 0 Å². The van der Waals surface area contributed by atoms with E-state index in [0.29, 0.717) is 5.41 Å². The van der Waals surface area contributed by atoms with Gasteiger partial charge in [-0.15, -0.1) is 0 Å². The van der Waals surface area contributed by atoms with Crippen LogP contribution in [0.3, 0.4) is 0 Å². The van der Waals surface area contributed by atoms with Crippen molar-refractivity contribution in [1.29, 1.82) is 5.26 Å². The van der Waals surface area contributed by atoms with Crippen LogP contribution in [0.5, 0.6) is 0 Å². The molecule has 0 fully saturated rings. The van der Waals surface area contributed by atoms with Crippen molar-refractivity contribution in [3.63, 3.8) is 0 Å². The van der Waals surface area contributed by atoms with E-state index < -0.39 is 0 Å². The first-order chi connectivity index (χ1) is 7.06. The predicted octanol–water partition coefficient (Wildman–Crippen LogP) is 5.07. The van der Waals surface area contributed by atoms with Gasteiger partial charge in [0.15, 0.2) is 0 Å². The number of nitrogens with zero attached hydrogens (tertiary/aromatic N) is 1. The van der Waals surface area contributed by atoms with Crippen LogP contribution in [0.25, 0.3) is 0 Å². The van der Waals surface area contributed by atoms with Gasteiger partial charge in [-0.2, -0.15) is 5.26 Å². The Balaban J connectivity index is 3.03. The van der Waals surface area contributed by atoms with Crippen LogP contribution in [0, 0.1) is 16.7 Å².